The van der Waals surface area contributed by atoms with Crippen LogP contribution >= 0.6 is 11.6 Å². The fraction of sp³-hybridized carbons (Fsp3) is 0.400. The average molecular weight is 450 g/mol. The smallest absolute Gasteiger partial charge is 0.278 e. The second-order valence-electron chi connectivity index (χ2n) is 7.38. The maximum atomic E-state index is 14.0. The van der Waals surface area contributed by atoms with Crippen molar-refractivity contribution in [2.75, 3.05) is 18.1 Å². The summed E-state index contributed by atoms with van der Waals surface area (Å²) in [6.07, 6.45) is 4.90. The molecule has 0 bridgehead atoms. The third-order valence-electron chi connectivity index (χ3n) is 5.62. The summed E-state index contributed by atoms with van der Waals surface area (Å²) in [6, 6.07) is 1.28. The molecule has 4 rings (SSSR count). The highest BCUT2D eigenvalue weighted by molar-refractivity contribution is 6.30. The molecular formula is C20H21ClFN5O4. The Labute approximate surface area is 182 Å². The minimum Gasteiger partial charge on any atom is -0.502 e. The average Bonchev–Trinajstić information content (AvgIpc) is 2.77. The number of carbonyl (C=O) groups excluding carboxylic acids is 2. The molecule has 0 aromatic carbocycles. The first-order valence-electron chi connectivity index (χ1n) is 9.98. The molecule has 2 aromatic rings. The third-order valence-corrected chi connectivity index (χ3v) is 5.92. The predicted molar refractivity (Wildman–Crippen MR) is 110 cm³/mol. The largest absolute Gasteiger partial charge is 0.502 e. The first-order chi connectivity index (χ1) is 14.8. The van der Waals surface area contributed by atoms with Crippen molar-refractivity contribution in [3.63, 3.8) is 0 Å². The Hall–Kier alpha value is -3.14. The standard InChI is InChI=1S/C20H21ClFN5O4/c1-2-25-14-5-3-4-8-26(14)27-10-11(17(28)18(29)16(27)20(25)31)19(30)24-9-13-15(22)12(21)6-7-23-13/h6-7,10,14,29H,2-5,8-9H2,1H3,(H,24,30)/t14-/m0/s1. The van der Waals surface area contributed by atoms with Crippen LogP contribution in [0.2, 0.25) is 5.02 Å². The van der Waals surface area contributed by atoms with Crippen molar-refractivity contribution >= 4 is 23.4 Å². The Kier molecular flexibility index (Phi) is 5.57. The zero-order valence-corrected chi connectivity index (χ0v) is 17.5. The lowest BCUT2D eigenvalue weighted by Gasteiger charge is -2.48. The van der Waals surface area contributed by atoms with E-state index in [9.17, 15) is 23.9 Å². The predicted octanol–water partition coefficient (Wildman–Crippen LogP) is 1.60. The van der Waals surface area contributed by atoms with Crippen molar-refractivity contribution in [1.29, 1.82) is 0 Å². The highest BCUT2D eigenvalue weighted by Gasteiger charge is 2.40. The van der Waals surface area contributed by atoms with Crippen LogP contribution in [0.15, 0.2) is 23.3 Å². The van der Waals surface area contributed by atoms with Crippen LogP contribution < -0.4 is 15.8 Å². The zero-order chi connectivity index (χ0) is 22.3. The summed E-state index contributed by atoms with van der Waals surface area (Å²) in [5.74, 6) is -2.84. The molecule has 0 saturated carbocycles. The Balaban J connectivity index is 1.70. The first kappa shape index (κ1) is 21.1. The van der Waals surface area contributed by atoms with Crippen molar-refractivity contribution < 1.29 is 19.1 Å². The minimum absolute atomic E-state index is 0.0898. The van der Waals surface area contributed by atoms with Gasteiger partial charge < -0.3 is 15.3 Å². The van der Waals surface area contributed by atoms with E-state index in [0.717, 1.165) is 19.3 Å². The molecule has 1 fully saturated rings. The van der Waals surface area contributed by atoms with Crippen molar-refractivity contribution in [3.8, 4) is 5.75 Å². The summed E-state index contributed by atoms with van der Waals surface area (Å²) in [4.78, 5) is 43.8. The molecule has 0 radical (unpaired) electrons. The summed E-state index contributed by atoms with van der Waals surface area (Å²) in [5.41, 5.74) is -1.58. The topological polar surface area (TPSA) is 108 Å². The van der Waals surface area contributed by atoms with Crippen LogP contribution in [-0.4, -0.2) is 50.7 Å². The SMILES string of the molecule is CCN1C(=O)c2c(O)c(=O)c(C(=O)NCc3nccc(Cl)c3F)cn2N2CCCC[C@@H]12. The number of halogens is 2. The molecule has 1 atom stereocenters. The lowest BCUT2D eigenvalue weighted by Crippen LogP contribution is -2.63. The van der Waals surface area contributed by atoms with Gasteiger partial charge in [0.25, 0.3) is 11.8 Å². The van der Waals surface area contributed by atoms with E-state index in [1.165, 1.54) is 23.1 Å². The molecule has 2 N–H and O–H groups in total. The van der Waals surface area contributed by atoms with Gasteiger partial charge in [-0.1, -0.05) is 11.6 Å². The van der Waals surface area contributed by atoms with Crippen LogP contribution in [0.1, 0.15) is 52.7 Å². The molecule has 2 aromatic heterocycles. The molecule has 0 spiro atoms. The lowest BCUT2D eigenvalue weighted by molar-refractivity contribution is 0.0534. The highest BCUT2D eigenvalue weighted by Crippen LogP contribution is 2.29. The van der Waals surface area contributed by atoms with E-state index in [2.05, 4.69) is 10.3 Å². The van der Waals surface area contributed by atoms with Gasteiger partial charge in [-0.3, -0.25) is 29.1 Å². The van der Waals surface area contributed by atoms with E-state index < -0.39 is 28.8 Å². The fourth-order valence-corrected chi connectivity index (χ4v) is 4.25. The molecule has 0 unspecified atom stereocenters. The summed E-state index contributed by atoms with van der Waals surface area (Å²) in [6.45, 7) is 2.55. The van der Waals surface area contributed by atoms with Gasteiger partial charge in [-0.15, -0.1) is 0 Å². The van der Waals surface area contributed by atoms with E-state index in [-0.39, 0.29) is 34.7 Å². The van der Waals surface area contributed by atoms with Gasteiger partial charge >= 0.3 is 0 Å². The number of carbonyl (C=O) groups is 2. The molecule has 2 aliphatic rings. The second-order valence-corrected chi connectivity index (χ2v) is 7.79. The highest BCUT2D eigenvalue weighted by atomic mass is 35.5. The van der Waals surface area contributed by atoms with Gasteiger partial charge in [0.2, 0.25) is 5.43 Å². The monoisotopic (exact) mass is 449 g/mol. The van der Waals surface area contributed by atoms with Gasteiger partial charge in [0, 0.05) is 25.5 Å². The number of hydrogen-bond acceptors (Lipinski definition) is 6. The molecule has 11 heteroatoms. The number of aromatic nitrogens is 2. The number of rotatable bonds is 4. The number of piperidine rings is 1. The number of pyridine rings is 2. The quantitative estimate of drug-likeness (QED) is 0.734. The third kappa shape index (κ3) is 3.50. The van der Waals surface area contributed by atoms with Crippen LogP contribution in [0.25, 0.3) is 0 Å². The number of fused-ring (bicyclic) bond motifs is 3. The van der Waals surface area contributed by atoms with Gasteiger partial charge in [0.05, 0.1) is 17.3 Å². The minimum atomic E-state index is -0.969. The van der Waals surface area contributed by atoms with Gasteiger partial charge in [0.15, 0.2) is 17.3 Å². The van der Waals surface area contributed by atoms with Crippen LogP contribution in [-0.2, 0) is 6.54 Å². The molecule has 9 nitrogen and oxygen atoms in total. The number of amides is 2. The van der Waals surface area contributed by atoms with Gasteiger partial charge in [-0.25, -0.2) is 4.39 Å². The lowest BCUT2D eigenvalue weighted by atomic mass is 10.1. The Morgan fingerprint density at radius 1 is 1.39 bits per heavy atom. The van der Waals surface area contributed by atoms with Crippen molar-refractivity contribution in [2.24, 2.45) is 0 Å². The van der Waals surface area contributed by atoms with E-state index in [4.69, 9.17) is 11.6 Å². The first-order valence-corrected chi connectivity index (χ1v) is 10.4. The summed E-state index contributed by atoms with van der Waals surface area (Å²) < 4.78 is 15.4. The van der Waals surface area contributed by atoms with Crippen molar-refractivity contribution in [1.82, 2.24) is 19.9 Å². The van der Waals surface area contributed by atoms with Crippen molar-refractivity contribution in [3.05, 3.63) is 56.5 Å². The molecule has 164 valence electrons. The summed E-state index contributed by atoms with van der Waals surface area (Å²) in [5, 5.41) is 14.7. The molecule has 2 amide bonds. The van der Waals surface area contributed by atoms with Gasteiger partial charge in [-0.05, 0) is 32.3 Å². The van der Waals surface area contributed by atoms with E-state index in [1.807, 2.05) is 11.9 Å². The zero-order valence-electron chi connectivity index (χ0n) is 16.8. The molecule has 2 aliphatic heterocycles. The number of nitrogens with one attached hydrogen (secondary N) is 1. The van der Waals surface area contributed by atoms with Crippen molar-refractivity contribution in [2.45, 2.75) is 38.9 Å². The maximum Gasteiger partial charge on any atom is 0.278 e. The van der Waals surface area contributed by atoms with E-state index in [1.54, 1.807) is 4.90 Å². The maximum absolute atomic E-state index is 14.0. The van der Waals surface area contributed by atoms with Crippen LogP contribution in [0.4, 0.5) is 4.39 Å². The number of aromatic hydroxyl groups is 1. The number of nitrogens with zero attached hydrogens (tertiary/aromatic N) is 4. The Bertz CT molecular complexity index is 1120. The van der Waals surface area contributed by atoms with Gasteiger partial charge in [0.1, 0.15) is 11.7 Å². The molecule has 0 aliphatic carbocycles. The summed E-state index contributed by atoms with van der Waals surface area (Å²) >= 11 is 5.72. The number of hydrogen-bond donors (Lipinski definition) is 2. The molecule has 4 heterocycles. The van der Waals surface area contributed by atoms with Gasteiger partial charge in [-0.2, -0.15) is 0 Å². The normalized spacial score (nSPS) is 17.9. The Morgan fingerprint density at radius 2 is 2.16 bits per heavy atom. The molecule has 1 saturated heterocycles. The molecular weight excluding hydrogens is 429 g/mol. The molecule has 31 heavy (non-hydrogen) atoms. The fourth-order valence-electron chi connectivity index (χ4n) is 4.09. The van der Waals surface area contributed by atoms with Crippen LogP contribution in [0, 0.1) is 5.82 Å². The van der Waals surface area contributed by atoms with Crippen LogP contribution in [0.3, 0.4) is 0 Å². The summed E-state index contributed by atoms with van der Waals surface area (Å²) in [7, 11) is 0. The Morgan fingerprint density at radius 3 is 2.90 bits per heavy atom. The van der Waals surface area contributed by atoms with E-state index in [0.29, 0.717) is 13.1 Å². The van der Waals surface area contributed by atoms with Crippen LogP contribution in [0.5, 0.6) is 5.75 Å². The second kappa shape index (κ2) is 8.18. The van der Waals surface area contributed by atoms with E-state index >= 15 is 0 Å².